The summed E-state index contributed by atoms with van der Waals surface area (Å²) in [5.41, 5.74) is -1.61. The van der Waals surface area contributed by atoms with Crippen molar-refractivity contribution in [3.8, 4) is 0 Å². The van der Waals surface area contributed by atoms with Gasteiger partial charge in [-0.3, -0.25) is 9.59 Å². The van der Waals surface area contributed by atoms with E-state index in [1.54, 1.807) is 41.5 Å². The molecule has 2 aliphatic heterocycles. The number of hydrogen-bond acceptors (Lipinski definition) is 13. The fourth-order valence-corrected chi connectivity index (χ4v) is 7.20. The van der Waals surface area contributed by atoms with Crippen LogP contribution in [-0.4, -0.2) is 108 Å². The molecule has 2 heterocycles. The van der Waals surface area contributed by atoms with Crippen molar-refractivity contribution in [2.45, 2.75) is 194 Å². The summed E-state index contributed by atoms with van der Waals surface area (Å²) in [5.74, 6) is -1.38. The first-order valence-electron chi connectivity index (χ1n) is 18.7. The molecule has 14 atom stereocenters. The van der Waals surface area contributed by atoms with Crippen molar-refractivity contribution in [1.82, 2.24) is 10.6 Å². The van der Waals surface area contributed by atoms with Crippen LogP contribution in [-0.2, 0) is 47.5 Å². The fraction of sp³-hybridized carbons (Fsp3) is 0.892. The fourth-order valence-electron chi connectivity index (χ4n) is 7.20. The van der Waals surface area contributed by atoms with Gasteiger partial charge in [-0.1, -0.05) is 34.6 Å². The van der Waals surface area contributed by atoms with Gasteiger partial charge in [0.2, 0.25) is 0 Å². The van der Waals surface area contributed by atoms with Gasteiger partial charge in [0.05, 0.1) is 30.4 Å². The van der Waals surface area contributed by atoms with Gasteiger partial charge >= 0.3 is 24.1 Å². The lowest BCUT2D eigenvalue weighted by Gasteiger charge is -2.49. The van der Waals surface area contributed by atoms with Crippen LogP contribution in [0, 0.1) is 17.8 Å². The molecule has 52 heavy (non-hydrogen) atoms. The predicted octanol–water partition coefficient (Wildman–Crippen LogP) is 4.74. The van der Waals surface area contributed by atoms with E-state index in [-0.39, 0.29) is 36.7 Å². The molecule has 1 saturated carbocycles. The van der Waals surface area contributed by atoms with E-state index in [0.29, 0.717) is 12.8 Å². The Morgan fingerprint density at radius 3 is 1.67 bits per heavy atom. The average Bonchev–Trinajstić information content (AvgIpc) is 2.99. The molecule has 0 aromatic heterocycles. The number of rotatable bonds is 10. The highest BCUT2D eigenvalue weighted by Crippen LogP contribution is 2.39. The van der Waals surface area contributed by atoms with E-state index < -0.39 is 96.6 Å². The summed E-state index contributed by atoms with van der Waals surface area (Å²) in [4.78, 5) is 50.3. The van der Waals surface area contributed by atoms with Crippen molar-refractivity contribution in [3.05, 3.63) is 0 Å². The Bertz CT molecular complexity index is 1220. The van der Waals surface area contributed by atoms with Crippen molar-refractivity contribution in [1.29, 1.82) is 0 Å². The number of hydrogen-bond donors (Lipinski definition) is 3. The molecule has 14 unspecified atom stereocenters. The highest BCUT2D eigenvalue weighted by atomic mass is 16.7. The van der Waals surface area contributed by atoms with E-state index >= 15 is 0 Å². The molecule has 3 aliphatic rings. The molecule has 0 radical (unpaired) electrons. The van der Waals surface area contributed by atoms with Crippen molar-refractivity contribution < 1.29 is 62.2 Å². The molecule has 0 aromatic rings. The second-order valence-electron chi connectivity index (χ2n) is 16.5. The molecule has 15 nitrogen and oxygen atoms in total. The third-order valence-corrected chi connectivity index (χ3v) is 9.72. The van der Waals surface area contributed by atoms with Crippen LogP contribution in [0.5, 0.6) is 0 Å². The van der Waals surface area contributed by atoms with Crippen LogP contribution in [0.4, 0.5) is 9.59 Å². The first-order chi connectivity index (χ1) is 24.0. The molecule has 3 rings (SSSR count). The van der Waals surface area contributed by atoms with Gasteiger partial charge in [-0.05, 0) is 72.6 Å². The Hall–Kier alpha value is -2.72. The molecule has 1 aliphatic carbocycles. The molecule has 2 amide bonds. The van der Waals surface area contributed by atoms with Gasteiger partial charge in [0.15, 0.2) is 18.7 Å². The molecule has 3 fully saturated rings. The minimum absolute atomic E-state index is 0.0709. The lowest BCUT2D eigenvalue weighted by molar-refractivity contribution is -0.320. The number of esters is 2. The Labute approximate surface area is 308 Å². The largest absolute Gasteiger partial charge is 0.460 e. The Balaban J connectivity index is 1.99. The molecule has 0 spiro atoms. The topological polar surface area (TPSA) is 186 Å². The van der Waals surface area contributed by atoms with E-state index in [1.165, 1.54) is 13.8 Å². The van der Waals surface area contributed by atoms with Crippen LogP contribution in [0.3, 0.4) is 0 Å². The summed E-state index contributed by atoms with van der Waals surface area (Å²) < 4.78 is 48.3. The van der Waals surface area contributed by atoms with Crippen LogP contribution >= 0.6 is 0 Å². The van der Waals surface area contributed by atoms with Crippen LogP contribution in [0.1, 0.15) is 116 Å². The molecular formula is C37H64N2O13. The first-order valence-corrected chi connectivity index (χ1v) is 18.7. The predicted molar refractivity (Wildman–Crippen MR) is 188 cm³/mol. The molecule has 15 heteroatoms. The zero-order valence-electron chi connectivity index (χ0n) is 33.3. The van der Waals surface area contributed by atoms with Crippen LogP contribution in [0.15, 0.2) is 0 Å². The zero-order chi connectivity index (χ0) is 39.3. The molecular weight excluding hydrogens is 680 g/mol. The number of nitrogens with one attached hydrogen (secondary N) is 2. The summed E-state index contributed by atoms with van der Waals surface area (Å²) in [5, 5.41) is 17.8. The lowest BCUT2D eigenvalue weighted by atomic mass is 9.79. The second kappa shape index (κ2) is 18.1. The molecule has 0 bridgehead atoms. The first kappa shape index (κ1) is 43.7. The summed E-state index contributed by atoms with van der Waals surface area (Å²) in [6.45, 7) is 22.8. The van der Waals surface area contributed by atoms with Gasteiger partial charge in [0.1, 0.15) is 29.5 Å². The number of alkyl carbamates (subject to hydrolysis) is 2. The van der Waals surface area contributed by atoms with Crippen molar-refractivity contribution in [3.63, 3.8) is 0 Å². The number of carbonyl (C=O) groups excluding carboxylic acids is 4. The van der Waals surface area contributed by atoms with Gasteiger partial charge in [0, 0.05) is 26.2 Å². The summed E-state index contributed by atoms with van der Waals surface area (Å²) >= 11 is 0. The van der Waals surface area contributed by atoms with E-state index in [2.05, 4.69) is 10.6 Å². The van der Waals surface area contributed by atoms with Gasteiger partial charge in [-0.15, -0.1) is 0 Å². The number of aliphatic hydroxyl groups excluding tert-OH is 1. The highest BCUT2D eigenvalue weighted by Gasteiger charge is 2.52. The van der Waals surface area contributed by atoms with Crippen LogP contribution in [0.2, 0.25) is 0 Å². The van der Waals surface area contributed by atoms with E-state index in [0.717, 1.165) is 0 Å². The van der Waals surface area contributed by atoms with Crippen molar-refractivity contribution in [2.24, 2.45) is 17.8 Å². The number of carbonyl (C=O) groups is 4. The van der Waals surface area contributed by atoms with E-state index in [1.807, 2.05) is 34.6 Å². The second-order valence-corrected chi connectivity index (χ2v) is 16.5. The zero-order valence-corrected chi connectivity index (χ0v) is 33.3. The summed E-state index contributed by atoms with van der Waals surface area (Å²) in [6, 6.07) is -1.69. The van der Waals surface area contributed by atoms with Crippen LogP contribution < -0.4 is 10.6 Å². The summed E-state index contributed by atoms with van der Waals surface area (Å²) in [7, 11) is 0. The van der Waals surface area contributed by atoms with Crippen molar-refractivity contribution in [2.75, 3.05) is 0 Å². The van der Waals surface area contributed by atoms with E-state index in [4.69, 9.17) is 37.9 Å². The minimum Gasteiger partial charge on any atom is -0.460 e. The third-order valence-electron chi connectivity index (χ3n) is 9.72. The molecule has 2 saturated heterocycles. The molecule has 0 aromatic carbocycles. The Kier molecular flexibility index (Phi) is 15.2. The monoisotopic (exact) mass is 744 g/mol. The maximum atomic E-state index is 13.1. The highest BCUT2D eigenvalue weighted by molar-refractivity contribution is 5.69. The quantitative estimate of drug-likeness (QED) is 0.206. The normalized spacial score (nSPS) is 37.0. The van der Waals surface area contributed by atoms with Crippen LogP contribution in [0.25, 0.3) is 0 Å². The lowest BCUT2D eigenvalue weighted by Crippen LogP contribution is -2.65. The smallest absolute Gasteiger partial charge is 0.408 e. The molecule has 3 N–H and O–H groups in total. The van der Waals surface area contributed by atoms with Gasteiger partial charge in [-0.25, -0.2) is 9.59 Å². The molecule has 300 valence electrons. The van der Waals surface area contributed by atoms with Crippen molar-refractivity contribution >= 4 is 24.1 Å². The number of ether oxygens (including phenoxy) is 8. The number of amides is 2. The maximum Gasteiger partial charge on any atom is 0.408 e. The van der Waals surface area contributed by atoms with Gasteiger partial charge in [0.25, 0.3) is 0 Å². The maximum absolute atomic E-state index is 13.1. The van der Waals surface area contributed by atoms with Gasteiger partial charge < -0.3 is 53.6 Å². The Morgan fingerprint density at radius 1 is 0.673 bits per heavy atom. The van der Waals surface area contributed by atoms with E-state index in [9.17, 15) is 24.3 Å². The number of aliphatic hydroxyl groups is 1. The Morgan fingerprint density at radius 2 is 1.17 bits per heavy atom. The van der Waals surface area contributed by atoms with Gasteiger partial charge in [-0.2, -0.15) is 0 Å². The third kappa shape index (κ3) is 12.2. The minimum atomic E-state index is -1.38. The summed E-state index contributed by atoms with van der Waals surface area (Å²) in [6.07, 6.45) is -7.73. The average molecular weight is 745 g/mol. The SMILES string of the molecule is CCC1OC(OC2C(NC(=O)OC(C)(C)C)CC(C)C(OC3OC(CC)C(C)C(C)C3OC(C)=O)C2O)C(NC(=O)OC(C)(C)C)CC1OC(C)=O. The standard InChI is InChI=1S/C37H64N2O13/c1-14-25-19(4)20(5)30(46-22(7)41)33(47-25)49-29-18(3)16-23(38-34(43)51-36(8,9)10)31(28(29)42)50-32-24(39-35(44)52-37(11,12)13)17-27(45-21(6)40)26(15-2)48-32/h18-20,23-33,42H,14-17H2,1-13H3,(H,38,43)(H,39,44).